The van der Waals surface area contributed by atoms with Crippen LogP contribution in [0.1, 0.15) is 39.0 Å². The molecule has 1 rings (SSSR count). The van der Waals surface area contributed by atoms with Crippen LogP contribution in [-0.4, -0.2) is 24.3 Å². The largest absolute Gasteiger partial charge is 0.462 e. The van der Waals surface area contributed by atoms with E-state index in [-0.39, 0.29) is 5.97 Å². The zero-order valence-electron chi connectivity index (χ0n) is 10.1. The molecule has 0 bridgehead atoms. The summed E-state index contributed by atoms with van der Waals surface area (Å²) in [4.78, 5) is 11.2. The van der Waals surface area contributed by atoms with Gasteiger partial charge in [0.25, 0.3) is 0 Å². The van der Waals surface area contributed by atoms with Gasteiger partial charge in [-0.15, -0.1) is 0 Å². The normalized spacial score (nSPS) is 25.1. The Morgan fingerprint density at radius 2 is 1.88 bits per heavy atom. The van der Waals surface area contributed by atoms with Crippen LogP contribution in [0.2, 0.25) is 0 Å². The van der Waals surface area contributed by atoms with Gasteiger partial charge in [0.15, 0.2) is 0 Å². The summed E-state index contributed by atoms with van der Waals surface area (Å²) in [6.07, 6.45) is 5.42. The van der Waals surface area contributed by atoms with Gasteiger partial charge in [0.1, 0.15) is 0 Å². The van der Waals surface area contributed by atoms with Crippen LogP contribution in [0, 0.1) is 11.8 Å². The van der Waals surface area contributed by atoms with E-state index in [0.29, 0.717) is 30.6 Å². The highest BCUT2D eigenvalue weighted by molar-refractivity contribution is 5.86. The first-order valence-corrected chi connectivity index (χ1v) is 6.07. The SMILES string of the molecule is C=C(C)C(=O)OCC1CCC(CCO)CC1. The summed E-state index contributed by atoms with van der Waals surface area (Å²) in [5, 5.41) is 8.84. The van der Waals surface area contributed by atoms with E-state index in [1.807, 2.05) is 0 Å². The van der Waals surface area contributed by atoms with Crippen LogP contribution in [0.3, 0.4) is 0 Å². The van der Waals surface area contributed by atoms with Gasteiger partial charge >= 0.3 is 5.97 Å². The fraction of sp³-hybridized carbons (Fsp3) is 0.769. The Morgan fingerprint density at radius 1 is 1.31 bits per heavy atom. The van der Waals surface area contributed by atoms with E-state index in [0.717, 1.165) is 32.1 Å². The second kappa shape index (κ2) is 6.69. The van der Waals surface area contributed by atoms with E-state index < -0.39 is 0 Å². The van der Waals surface area contributed by atoms with Gasteiger partial charge in [0.05, 0.1) is 6.61 Å². The molecule has 1 aliphatic carbocycles. The molecule has 0 unspecified atom stereocenters. The number of hydrogen-bond acceptors (Lipinski definition) is 3. The van der Waals surface area contributed by atoms with E-state index in [4.69, 9.17) is 9.84 Å². The molecule has 0 aromatic carbocycles. The molecule has 92 valence electrons. The van der Waals surface area contributed by atoms with Crippen molar-refractivity contribution in [2.75, 3.05) is 13.2 Å². The fourth-order valence-electron chi connectivity index (χ4n) is 2.19. The molecule has 0 aromatic rings. The first kappa shape index (κ1) is 13.2. The highest BCUT2D eigenvalue weighted by Gasteiger charge is 2.21. The summed E-state index contributed by atoms with van der Waals surface area (Å²) in [5.74, 6) is 0.883. The van der Waals surface area contributed by atoms with E-state index in [9.17, 15) is 4.79 Å². The first-order chi connectivity index (χ1) is 7.63. The van der Waals surface area contributed by atoms with Gasteiger partial charge in [-0.3, -0.25) is 0 Å². The van der Waals surface area contributed by atoms with E-state index in [2.05, 4.69) is 6.58 Å². The molecule has 0 aliphatic heterocycles. The lowest BCUT2D eigenvalue weighted by Crippen LogP contribution is -2.21. The van der Waals surface area contributed by atoms with Crippen LogP contribution >= 0.6 is 0 Å². The molecule has 0 aromatic heterocycles. The van der Waals surface area contributed by atoms with Gasteiger partial charge in [0, 0.05) is 12.2 Å². The number of esters is 1. The Morgan fingerprint density at radius 3 is 2.38 bits per heavy atom. The molecule has 1 fully saturated rings. The van der Waals surface area contributed by atoms with E-state index >= 15 is 0 Å². The molecule has 0 saturated heterocycles. The summed E-state index contributed by atoms with van der Waals surface area (Å²) in [5.41, 5.74) is 0.467. The maximum atomic E-state index is 11.2. The smallest absolute Gasteiger partial charge is 0.333 e. The Balaban J connectivity index is 2.17. The van der Waals surface area contributed by atoms with Crippen molar-refractivity contribution in [3.05, 3.63) is 12.2 Å². The minimum atomic E-state index is -0.280. The Labute approximate surface area is 97.5 Å². The topological polar surface area (TPSA) is 46.5 Å². The molecule has 16 heavy (non-hydrogen) atoms. The summed E-state index contributed by atoms with van der Waals surface area (Å²) in [6, 6.07) is 0. The molecule has 3 nitrogen and oxygen atoms in total. The number of aliphatic hydroxyl groups is 1. The molecular weight excluding hydrogens is 204 g/mol. The minimum Gasteiger partial charge on any atom is -0.462 e. The molecule has 0 spiro atoms. The van der Waals surface area contributed by atoms with Gasteiger partial charge in [-0.2, -0.15) is 0 Å². The van der Waals surface area contributed by atoms with Crippen LogP contribution in [0.5, 0.6) is 0 Å². The third-order valence-corrected chi connectivity index (χ3v) is 3.30. The van der Waals surface area contributed by atoms with Gasteiger partial charge < -0.3 is 9.84 Å². The second-order valence-electron chi connectivity index (χ2n) is 4.78. The van der Waals surface area contributed by atoms with Crippen LogP contribution in [0.15, 0.2) is 12.2 Å². The van der Waals surface area contributed by atoms with Crippen molar-refractivity contribution in [1.82, 2.24) is 0 Å². The standard InChI is InChI=1S/C13H22O3/c1-10(2)13(15)16-9-12-5-3-11(4-6-12)7-8-14/h11-12,14H,1,3-9H2,2H3. The van der Waals surface area contributed by atoms with Crippen LogP contribution in [-0.2, 0) is 9.53 Å². The third kappa shape index (κ3) is 4.35. The van der Waals surface area contributed by atoms with Crippen molar-refractivity contribution < 1.29 is 14.6 Å². The average molecular weight is 226 g/mol. The molecule has 0 atom stereocenters. The van der Waals surface area contributed by atoms with Crippen molar-refractivity contribution >= 4 is 5.97 Å². The monoisotopic (exact) mass is 226 g/mol. The van der Waals surface area contributed by atoms with Crippen molar-refractivity contribution in [1.29, 1.82) is 0 Å². The molecule has 0 heterocycles. The molecule has 3 heteroatoms. The molecule has 1 N–H and O–H groups in total. The predicted molar refractivity (Wildman–Crippen MR) is 62.9 cm³/mol. The summed E-state index contributed by atoms with van der Waals surface area (Å²) in [6.45, 7) is 6.04. The van der Waals surface area contributed by atoms with Crippen LogP contribution in [0.25, 0.3) is 0 Å². The number of carbonyl (C=O) groups is 1. The summed E-state index contributed by atoms with van der Waals surface area (Å²) in [7, 11) is 0. The molecule has 0 radical (unpaired) electrons. The molecule has 1 aliphatic rings. The third-order valence-electron chi connectivity index (χ3n) is 3.30. The lowest BCUT2D eigenvalue weighted by molar-refractivity contribution is -0.140. The number of carbonyl (C=O) groups excluding carboxylic acids is 1. The maximum absolute atomic E-state index is 11.2. The molecular formula is C13H22O3. The first-order valence-electron chi connectivity index (χ1n) is 6.07. The molecule has 0 amide bonds. The zero-order valence-corrected chi connectivity index (χ0v) is 10.1. The zero-order chi connectivity index (χ0) is 12.0. The van der Waals surface area contributed by atoms with Crippen molar-refractivity contribution in [2.24, 2.45) is 11.8 Å². The summed E-state index contributed by atoms with van der Waals surface area (Å²) < 4.78 is 5.15. The Bertz CT molecular complexity index is 240. The fourth-order valence-corrected chi connectivity index (χ4v) is 2.19. The van der Waals surface area contributed by atoms with Gasteiger partial charge in [0.2, 0.25) is 0 Å². The number of hydrogen-bond donors (Lipinski definition) is 1. The van der Waals surface area contributed by atoms with E-state index in [1.165, 1.54) is 0 Å². The number of aliphatic hydroxyl groups excluding tert-OH is 1. The maximum Gasteiger partial charge on any atom is 0.333 e. The lowest BCUT2D eigenvalue weighted by atomic mass is 9.81. The highest BCUT2D eigenvalue weighted by atomic mass is 16.5. The Hall–Kier alpha value is -0.830. The minimum absolute atomic E-state index is 0.280. The summed E-state index contributed by atoms with van der Waals surface area (Å²) >= 11 is 0. The molecule has 1 saturated carbocycles. The number of rotatable bonds is 5. The second-order valence-corrected chi connectivity index (χ2v) is 4.78. The van der Waals surface area contributed by atoms with Crippen molar-refractivity contribution in [3.63, 3.8) is 0 Å². The number of ether oxygens (including phenoxy) is 1. The van der Waals surface area contributed by atoms with Crippen LogP contribution in [0.4, 0.5) is 0 Å². The van der Waals surface area contributed by atoms with Crippen molar-refractivity contribution in [2.45, 2.75) is 39.0 Å². The Kier molecular flexibility index (Phi) is 5.53. The van der Waals surface area contributed by atoms with Gasteiger partial charge in [-0.05, 0) is 50.9 Å². The van der Waals surface area contributed by atoms with Crippen molar-refractivity contribution in [3.8, 4) is 0 Å². The van der Waals surface area contributed by atoms with Gasteiger partial charge in [-0.25, -0.2) is 4.79 Å². The average Bonchev–Trinajstić information content (AvgIpc) is 2.28. The van der Waals surface area contributed by atoms with E-state index in [1.54, 1.807) is 6.92 Å². The highest BCUT2D eigenvalue weighted by Crippen LogP contribution is 2.30. The van der Waals surface area contributed by atoms with Gasteiger partial charge in [-0.1, -0.05) is 6.58 Å². The predicted octanol–water partition coefficient (Wildman–Crippen LogP) is 2.29. The van der Waals surface area contributed by atoms with Crippen LogP contribution < -0.4 is 0 Å². The lowest BCUT2D eigenvalue weighted by Gasteiger charge is -2.27. The quantitative estimate of drug-likeness (QED) is 0.578.